The normalized spacial score (nSPS) is 17.8. The highest BCUT2D eigenvalue weighted by atomic mass is 32.2. The van der Waals surface area contributed by atoms with Crippen LogP contribution >= 0.6 is 0 Å². The van der Waals surface area contributed by atoms with E-state index in [1.807, 2.05) is 13.0 Å². The van der Waals surface area contributed by atoms with Crippen LogP contribution in [-0.2, 0) is 10.1 Å². The van der Waals surface area contributed by atoms with E-state index < -0.39 is 33.7 Å². The number of benzene rings is 1. The van der Waals surface area contributed by atoms with Crippen LogP contribution in [0, 0.1) is 13.8 Å². The van der Waals surface area contributed by atoms with Crippen molar-refractivity contribution in [1.29, 1.82) is 0 Å². The molecule has 2 heterocycles. The van der Waals surface area contributed by atoms with Gasteiger partial charge in [-0.1, -0.05) is 12.1 Å². The highest BCUT2D eigenvalue weighted by Crippen LogP contribution is 2.37. The summed E-state index contributed by atoms with van der Waals surface area (Å²) in [5, 5.41) is 10.3. The summed E-state index contributed by atoms with van der Waals surface area (Å²) in [6.45, 7) is 3.31. The van der Waals surface area contributed by atoms with Crippen LogP contribution in [0.3, 0.4) is 0 Å². The molecule has 1 aromatic carbocycles. The third kappa shape index (κ3) is 4.02. The molecule has 1 fully saturated rings. The SMILES string of the molecule is Cc1cccc(N2C(=O)N(CS(=O)(=O)O)CCC2c2c(O)cc(C)oc2=O)c1. The molecule has 28 heavy (non-hydrogen) atoms. The van der Waals surface area contributed by atoms with Gasteiger partial charge >= 0.3 is 11.7 Å². The lowest BCUT2D eigenvalue weighted by Gasteiger charge is -2.40. The molecule has 0 saturated carbocycles. The molecule has 0 aliphatic carbocycles. The first-order valence-corrected chi connectivity index (χ1v) is 10.1. The van der Waals surface area contributed by atoms with Gasteiger partial charge in [-0.15, -0.1) is 0 Å². The van der Waals surface area contributed by atoms with Gasteiger partial charge in [-0.25, -0.2) is 9.59 Å². The van der Waals surface area contributed by atoms with Crippen molar-refractivity contribution in [2.24, 2.45) is 0 Å². The summed E-state index contributed by atoms with van der Waals surface area (Å²) in [5.74, 6) is -0.939. The Morgan fingerprint density at radius 1 is 1.21 bits per heavy atom. The molecular formula is C18H20N2O7S. The Balaban J connectivity index is 2.12. The lowest BCUT2D eigenvalue weighted by atomic mass is 9.99. The first kappa shape index (κ1) is 19.9. The lowest BCUT2D eigenvalue weighted by molar-refractivity contribution is 0.193. The highest BCUT2D eigenvalue weighted by Gasteiger charge is 2.39. The smallest absolute Gasteiger partial charge is 0.344 e. The zero-order chi connectivity index (χ0) is 20.6. The van der Waals surface area contributed by atoms with Crippen LogP contribution < -0.4 is 10.5 Å². The van der Waals surface area contributed by atoms with Crippen LogP contribution in [0.4, 0.5) is 10.5 Å². The number of anilines is 1. The molecule has 1 saturated heterocycles. The molecule has 1 aromatic heterocycles. The van der Waals surface area contributed by atoms with Crippen LogP contribution in [0.15, 0.2) is 39.5 Å². The Morgan fingerprint density at radius 3 is 2.54 bits per heavy atom. The Hall–Kier alpha value is -2.85. The third-order valence-electron chi connectivity index (χ3n) is 4.48. The minimum absolute atomic E-state index is 0.0294. The number of hydrogen-bond donors (Lipinski definition) is 2. The molecule has 150 valence electrons. The van der Waals surface area contributed by atoms with Gasteiger partial charge in [0, 0.05) is 18.3 Å². The van der Waals surface area contributed by atoms with E-state index in [2.05, 4.69) is 0 Å². The molecule has 1 aliphatic heterocycles. The summed E-state index contributed by atoms with van der Waals surface area (Å²) in [6.07, 6.45) is 0.149. The van der Waals surface area contributed by atoms with Crippen LogP contribution in [-0.4, -0.2) is 41.4 Å². The fourth-order valence-electron chi connectivity index (χ4n) is 3.36. The predicted octanol–water partition coefficient (Wildman–Crippen LogP) is 2.18. The van der Waals surface area contributed by atoms with Crippen LogP contribution in [0.2, 0.25) is 0 Å². The molecule has 1 unspecified atom stereocenters. The Morgan fingerprint density at radius 2 is 1.93 bits per heavy atom. The monoisotopic (exact) mass is 408 g/mol. The average molecular weight is 408 g/mol. The van der Waals surface area contributed by atoms with Crippen molar-refractivity contribution in [2.75, 3.05) is 17.3 Å². The zero-order valence-electron chi connectivity index (χ0n) is 15.3. The fourth-order valence-corrected chi connectivity index (χ4v) is 3.99. The van der Waals surface area contributed by atoms with Crippen LogP contribution in [0.25, 0.3) is 0 Å². The molecule has 2 amide bonds. The summed E-state index contributed by atoms with van der Waals surface area (Å²) in [7, 11) is -4.43. The molecule has 10 heteroatoms. The maximum atomic E-state index is 13.1. The maximum absolute atomic E-state index is 13.1. The van der Waals surface area contributed by atoms with Crippen molar-refractivity contribution in [2.45, 2.75) is 26.3 Å². The highest BCUT2D eigenvalue weighted by molar-refractivity contribution is 7.85. The molecule has 2 N–H and O–H groups in total. The van der Waals surface area contributed by atoms with E-state index in [0.717, 1.165) is 10.5 Å². The Labute approximate surface area is 161 Å². The third-order valence-corrected chi connectivity index (χ3v) is 5.12. The lowest BCUT2D eigenvalue weighted by Crippen LogP contribution is -2.53. The summed E-state index contributed by atoms with van der Waals surface area (Å²) in [5.41, 5.74) is 0.425. The Bertz CT molecular complexity index is 1080. The van der Waals surface area contributed by atoms with E-state index in [1.54, 1.807) is 18.2 Å². The van der Waals surface area contributed by atoms with Gasteiger partial charge in [0.15, 0.2) is 0 Å². The zero-order valence-corrected chi connectivity index (χ0v) is 16.1. The van der Waals surface area contributed by atoms with E-state index in [9.17, 15) is 23.1 Å². The predicted molar refractivity (Wildman–Crippen MR) is 101 cm³/mol. The minimum atomic E-state index is -4.43. The van der Waals surface area contributed by atoms with Gasteiger partial charge in [0.2, 0.25) is 0 Å². The molecule has 0 radical (unpaired) electrons. The largest absolute Gasteiger partial charge is 0.507 e. The van der Waals surface area contributed by atoms with E-state index in [0.29, 0.717) is 5.69 Å². The molecule has 2 aromatic rings. The number of carbonyl (C=O) groups is 1. The second-order valence-electron chi connectivity index (χ2n) is 6.71. The topological polar surface area (TPSA) is 128 Å². The van der Waals surface area contributed by atoms with Gasteiger partial charge in [-0.2, -0.15) is 8.42 Å². The number of amides is 2. The van der Waals surface area contributed by atoms with Crippen molar-refractivity contribution >= 4 is 21.8 Å². The van der Waals surface area contributed by atoms with Crippen molar-refractivity contribution in [3.8, 4) is 5.75 Å². The Kier molecular flexibility index (Phi) is 5.18. The maximum Gasteiger partial charge on any atom is 0.344 e. The number of aryl methyl sites for hydroxylation is 2. The summed E-state index contributed by atoms with van der Waals surface area (Å²) >= 11 is 0. The fraction of sp³-hybridized carbons (Fsp3) is 0.333. The average Bonchev–Trinajstić information content (AvgIpc) is 2.55. The van der Waals surface area contributed by atoms with E-state index in [4.69, 9.17) is 8.97 Å². The second kappa shape index (κ2) is 7.28. The standard InChI is InChI=1S/C18H20N2O7S/c1-11-4-3-5-13(8-11)20-14(16-15(21)9-12(2)27-17(16)22)6-7-19(18(20)23)10-28(24,25)26/h3-5,8-9,14,21H,6-7,10H2,1-2H3,(H,24,25,26). The van der Waals surface area contributed by atoms with Gasteiger partial charge in [-0.05, 0) is 38.0 Å². The molecule has 0 spiro atoms. The quantitative estimate of drug-likeness (QED) is 0.742. The number of carbonyl (C=O) groups excluding carboxylic acids is 1. The molecular weight excluding hydrogens is 388 g/mol. The van der Waals surface area contributed by atoms with Crippen molar-refractivity contribution < 1.29 is 27.3 Å². The molecule has 1 atom stereocenters. The minimum Gasteiger partial charge on any atom is -0.507 e. The number of nitrogens with zero attached hydrogens (tertiary/aromatic N) is 2. The summed E-state index contributed by atoms with van der Waals surface area (Å²) < 4.78 is 36.8. The molecule has 3 rings (SSSR count). The van der Waals surface area contributed by atoms with E-state index in [1.165, 1.54) is 17.9 Å². The molecule has 9 nitrogen and oxygen atoms in total. The van der Waals surface area contributed by atoms with Gasteiger partial charge in [0.1, 0.15) is 22.9 Å². The van der Waals surface area contributed by atoms with E-state index in [-0.39, 0.29) is 30.0 Å². The first-order valence-electron chi connectivity index (χ1n) is 8.50. The number of rotatable bonds is 4. The summed E-state index contributed by atoms with van der Waals surface area (Å²) in [4.78, 5) is 27.7. The van der Waals surface area contributed by atoms with Gasteiger partial charge < -0.3 is 14.4 Å². The number of urea groups is 1. The van der Waals surface area contributed by atoms with Crippen LogP contribution in [0.1, 0.15) is 29.3 Å². The van der Waals surface area contributed by atoms with Crippen molar-refractivity contribution in [1.82, 2.24) is 4.90 Å². The number of aromatic hydroxyl groups is 1. The van der Waals surface area contributed by atoms with Crippen molar-refractivity contribution in [3.63, 3.8) is 0 Å². The second-order valence-corrected chi connectivity index (χ2v) is 8.14. The van der Waals surface area contributed by atoms with E-state index >= 15 is 0 Å². The van der Waals surface area contributed by atoms with Gasteiger partial charge in [0.05, 0.1) is 6.04 Å². The van der Waals surface area contributed by atoms with Gasteiger partial charge in [0.25, 0.3) is 10.1 Å². The van der Waals surface area contributed by atoms with Gasteiger partial charge in [-0.3, -0.25) is 9.45 Å². The van der Waals surface area contributed by atoms with Crippen molar-refractivity contribution in [3.05, 3.63) is 57.6 Å². The first-order chi connectivity index (χ1) is 13.1. The van der Waals surface area contributed by atoms with Crippen LogP contribution in [0.5, 0.6) is 5.75 Å². The molecule has 1 aliphatic rings. The number of hydrogen-bond acceptors (Lipinski definition) is 6. The molecule has 0 bridgehead atoms. The summed E-state index contributed by atoms with van der Waals surface area (Å²) in [6, 6.07) is 6.61.